The second-order valence-corrected chi connectivity index (χ2v) is 6.66. The molecule has 0 amide bonds. The van der Waals surface area contributed by atoms with E-state index in [0.29, 0.717) is 0 Å². The number of nitrogens with zero attached hydrogens (tertiary/aromatic N) is 1. The molecule has 0 saturated carbocycles. The summed E-state index contributed by atoms with van der Waals surface area (Å²) in [4.78, 5) is 0. The first-order valence-corrected chi connectivity index (χ1v) is 8.51. The minimum atomic E-state index is 0.921. The van der Waals surface area contributed by atoms with Crippen molar-refractivity contribution in [3.63, 3.8) is 0 Å². The molecular weight excluding hydrogens is 306 g/mol. The fourth-order valence-electron chi connectivity index (χ4n) is 3.68. The lowest BCUT2D eigenvalue weighted by atomic mass is 10.0. The number of aromatic nitrogens is 1. The molecule has 2 nitrogen and oxygen atoms in total. The zero-order chi connectivity index (χ0) is 17.0. The Hall–Kier alpha value is -3.13. The maximum absolute atomic E-state index is 6.14. The molecule has 0 spiro atoms. The second kappa shape index (κ2) is 5.18. The summed E-state index contributed by atoms with van der Waals surface area (Å²) in [5, 5.41) is 4.78. The highest BCUT2D eigenvalue weighted by atomic mass is 16.3. The molecule has 0 aliphatic rings. The molecule has 5 aromatic rings. The maximum atomic E-state index is 6.14. The van der Waals surface area contributed by atoms with Crippen LogP contribution in [0.5, 0.6) is 0 Å². The monoisotopic (exact) mass is 324 g/mol. The third-order valence-electron chi connectivity index (χ3n) is 5.02. The van der Waals surface area contributed by atoms with Crippen LogP contribution >= 0.6 is 0 Å². The summed E-state index contributed by atoms with van der Waals surface area (Å²) in [6.07, 6.45) is 2.09. The molecule has 0 radical (unpaired) electrons. The Labute approximate surface area is 145 Å². The molecular formula is C23H18NO+. The van der Waals surface area contributed by atoms with Gasteiger partial charge in [-0.1, -0.05) is 42.5 Å². The van der Waals surface area contributed by atoms with Crippen molar-refractivity contribution >= 4 is 32.7 Å². The Morgan fingerprint density at radius 1 is 0.760 bits per heavy atom. The molecule has 2 heteroatoms. The average Bonchev–Trinajstić information content (AvgIpc) is 2.96. The van der Waals surface area contributed by atoms with Gasteiger partial charge >= 0.3 is 0 Å². The van der Waals surface area contributed by atoms with E-state index in [4.69, 9.17) is 4.42 Å². The fourth-order valence-corrected chi connectivity index (χ4v) is 3.68. The summed E-state index contributed by atoms with van der Waals surface area (Å²) in [7, 11) is 2.07. The van der Waals surface area contributed by atoms with E-state index in [-0.39, 0.29) is 0 Å². The van der Waals surface area contributed by atoms with Crippen LogP contribution in [-0.2, 0) is 7.05 Å². The normalized spacial score (nSPS) is 11.6. The molecule has 3 aromatic carbocycles. The molecule has 2 heterocycles. The molecule has 0 fully saturated rings. The van der Waals surface area contributed by atoms with Gasteiger partial charge in [0.05, 0.1) is 0 Å². The number of furan rings is 1. The van der Waals surface area contributed by atoms with Gasteiger partial charge in [-0.05, 0) is 41.5 Å². The zero-order valence-corrected chi connectivity index (χ0v) is 14.3. The Kier molecular flexibility index (Phi) is 2.95. The van der Waals surface area contributed by atoms with Crippen molar-refractivity contribution in [2.45, 2.75) is 6.92 Å². The number of aryl methyl sites for hydroxylation is 2. The first-order valence-electron chi connectivity index (χ1n) is 8.51. The molecule has 0 N–H and O–H groups in total. The summed E-state index contributed by atoms with van der Waals surface area (Å²) in [5.41, 5.74) is 5.58. The van der Waals surface area contributed by atoms with Crippen LogP contribution in [0, 0.1) is 6.92 Å². The van der Waals surface area contributed by atoms with Gasteiger partial charge in [-0.3, -0.25) is 0 Å². The molecule has 0 saturated heterocycles. The van der Waals surface area contributed by atoms with Gasteiger partial charge in [0.15, 0.2) is 5.58 Å². The number of fused-ring (bicyclic) bond motifs is 4. The van der Waals surface area contributed by atoms with Crippen LogP contribution in [-0.4, -0.2) is 0 Å². The van der Waals surface area contributed by atoms with E-state index in [0.717, 1.165) is 16.6 Å². The fraction of sp³-hybridized carbons (Fsp3) is 0.0870. The summed E-state index contributed by atoms with van der Waals surface area (Å²) in [5.74, 6) is 0. The lowest BCUT2D eigenvalue weighted by molar-refractivity contribution is -0.659. The van der Waals surface area contributed by atoms with E-state index in [9.17, 15) is 0 Å². The third-order valence-corrected chi connectivity index (χ3v) is 5.02. The van der Waals surface area contributed by atoms with E-state index < -0.39 is 0 Å². The van der Waals surface area contributed by atoms with Crippen molar-refractivity contribution in [3.05, 3.63) is 78.5 Å². The Balaban J connectivity index is 1.87. The van der Waals surface area contributed by atoms with Crippen molar-refractivity contribution in [2.75, 3.05) is 0 Å². The second-order valence-electron chi connectivity index (χ2n) is 6.66. The van der Waals surface area contributed by atoms with Gasteiger partial charge < -0.3 is 4.42 Å². The smallest absolute Gasteiger partial charge is 0.213 e. The molecule has 0 unspecified atom stereocenters. The van der Waals surface area contributed by atoms with Crippen LogP contribution in [0.2, 0.25) is 0 Å². The zero-order valence-electron chi connectivity index (χ0n) is 14.3. The molecule has 0 aliphatic heterocycles. The van der Waals surface area contributed by atoms with Gasteiger partial charge in [0.2, 0.25) is 11.9 Å². The summed E-state index contributed by atoms with van der Waals surface area (Å²) < 4.78 is 8.29. The highest BCUT2D eigenvalue weighted by Gasteiger charge is 2.18. The van der Waals surface area contributed by atoms with Crippen molar-refractivity contribution in [1.82, 2.24) is 0 Å². The summed E-state index contributed by atoms with van der Waals surface area (Å²) >= 11 is 0. The van der Waals surface area contributed by atoms with Gasteiger partial charge in [-0.2, -0.15) is 4.57 Å². The SMILES string of the molecule is Cc1ccccc1-c1cc2c(c[n+]1C)oc1cc3ccccc3cc12. The Morgan fingerprint density at radius 2 is 1.44 bits per heavy atom. The van der Waals surface area contributed by atoms with E-state index in [1.165, 1.54) is 33.0 Å². The lowest BCUT2D eigenvalue weighted by Gasteiger charge is -2.04. The topological polar surface area (TPSA) is 17.0 Å². The largest absolute Gasteiger partial charge is 0.450 e. The number of rotatable bonds is 1. The minimum absolute atomic E-state index is 0.921. The number of hydrogen-bond acceptors (Lipinski definition) is 1. The highest BCUT2D eigenvalue weighted by Crippen LogP contribution is 2.33. The number of hydrogen-bond donors (Lipinski definition) is 0. The predicted octanol–water partition coefficient (Wildman–Crippen LogP) is 5.54. The van der Waals surface area contributed by atoms with Crippen molar-refractivity contribution < 1.29 is 8.98 Å². The van der Waals surface area contributed by atoms with E-state index in [2.05, 4.69) is 91.5 Å². The average molecular weight is 324 g/mol. The first-order chi connectivity index (χ1) is 12.2. The van der Waals surface area contributed by atoms with Crippen molar-refractivity contribution in [2.24, 2.45) is 7.05 Å². The van der Waals surface area contributed by atoms with E-state index >= 15 is 0 Å². The van der Waals surface area contributed by atoms with Crippen LogP contribution in [0.15, 0.2) is 77.3 Å². The molecule has 120 valence electrons. The van der Waals surface area contributed by atoms with Crippen LogP contribution in [0.3, 0.4) is 0 Å². The molecule has 0 aliphatic carbocycles. The minimum Gasteiger partial charge on any atom is -0.450 e. The molecule has 25 heavy (non-hydrogen) atoms. The quantitative estimate of drug-likeness (QED) is 0.370. The van der Waals surface area contributed by atoms with Gasteiger partial charge in [-0.25, -0.2) is 0 Å². The van der Waals surface area contributed by atoms with Gasteiger partial charge in [0, 0.05) is 22.4 Å². The Morgan fingerprint density at radius 3 is 2.24 bits per heavy atom. The standard InChI is InChI=1S/C23H18NO/c1-15-7-3-6-10-18(15)21-13-20-19-11-16-8-4-5-9-17(16)12-22(19)25-23(20)14-24(21)2/h3-14H,1-2H3/q+1. The maximum Gasteiger partial charge on any atom is 0.213 e. The molecule has 0 atom stereocenters. The van der Waals surface area contributed by atoms with E-state index in [1.54, 1.807) is 0 Å². The summed E-state index contributed by atoms with van der Waals surface area (Å²) in [6.45, 7) is 2.15. The molecule has 0 bridgehead atoms. The van der Waals surface area contributed by atoms with Gasteiger partial charge in [0.25, 0.3) is 0 Å². The number of benzene rings is 3. The van der Waals surface area contributed by atoms with Crippen LogP contribution in [0.4, 0.5) is 0 Å². The summed E-state index contributed by atoms with van der Waals surface area (Å²) in [6, 6.07) is 23.5. The molecule has 2 aromatic heterocycles. The van der Waals surface area contributed by atoms with Gasteiger partial charge in [-0.15, -0.1) is 0 Å². The Bertz CT molecular complexity index is 1260. The van der Waals surface area contributed by atoms with Crippen LogP contribution < -0.4 is 4.57 Å². The van der Waals surface area contributed by atoms with Crippen LogP contribution in [0.25, 0.3) is 44.0 Å². The predicted molar refractivity (Wildman–Crippen MR) is 103 cm³/mol. The lowest BCUT2D eigenvalue weighted by Crippen LogP contribution is -2.30. The first kappa shape index (κ1) is 14.2. The van der Waals surface area contributed by atoms with Crippen LogP contribution in [0.1, 0.15) is 5.56 Å². The van der Waals surface area contributed by atoms with Crippen molar-refractivity contribution in [1.29, 1.82) is 0 Å². The third kappa shape index (κ3) is 2.14. The highest BCUT2D eigenvalue weighted by molar-refractivity contribution is 6.10. The van der Waals surface area contributed by atoms with Crippen molar-refractivity contribution in [3.8, 4) is 11.3 Å². The molecule has 5 rings (SSSR count). The van der Waals surface area contributed by atoms with E-state index in [1.807, 2.05) is 0 Å². The van der Waals surface area contributed by atoms with Gasteiger partial charge in [0.1, 0.15) is 12.6 Å². The number of pyridine rings is 1.